The second-order valence-corrected chi connectivity index (χ2v) is 3.62. The van der Waals surface area contributed by atoms with Gasteiger partial charge < -0.3 is 27.2 Å². The van der Waals surface area contributed by atoms with Crippen molar-refractivity contribution in [3.63, 3.8) is 0 Å². The maximum atomic E-state index is 11.2. The van der Waals surface area contributed by atoms with Gasteiger partial charge in [0.25, 0.3) is 0 Å². The summed E-state index contributed by atoms with van der Waals surface area (Å²) in [6, 6.07) is -2.44. The van der Waals surface area contributed by atoms with Gasteiger partial charge in [0.15, 0.2) is 0 Å². The average molecular weight is 246 g/mol. The van der Waals surface area contributed by atoms with E-state index in [1.165, 1.54) is 6.92 Å². The fourth-order valence-electron chi connectivity index (χ4n) is 1.08. The lowest BCUT2D eigenvalue weighted by molar-refractivity contribution is -0.142. The number of carbonyl (C=O) groups is 3. The summed E-state index contributed by atoms with van der Waals surface area (Å²) in [6.45, 7) is 1.72. The Kier molecular flexibility index (Phi) is 6.64. The van der Waals surface area contributed by atoms with Crippen LogP contribution in [-0.2, 0) is 9.59 Å². The van der Waals surface area contributed by atoms with Gasteiger partial charge in [-0.15, -0.1) is 0 Å². The molecule has 7 N–H and O–H groups in total. The van der Waals surface area contributed by atoms with Crippen LogP contribution in [0.15, 0.2) is 0 Å². The number of primary amides is 1. The second kappa shape index (κ2) is 7.44. The molecule has 0 saturated carbocycles. The SMILES string of the molecule is C[C@@H](N)C(=O)N[C@@H](CCCNC(N)=O)C(=O)O. The lowest BCUT2D eigenvalue weighted by atomic mass is 10.1. The van der Waals surface area contributed by atoms with E-state index in [4.69, 9.17) is 16.6 Å². The van der Waals surface area contributed by atoms with E-state index in [9.17, 15) is 14.4 Å². The minimum absolute atomic E-state index is 0.189. The van der Waals surface area contributed by atoms with Crippen LogP contribution >= 0.6 is 0 Å². The fourth-order valence-corrected chi connectivity index (χ4v) is 1.08. The van der Waals surface area contributed by atoms with Crippen LogP contribution in [0.2, 0.25) is 0 Å². The number of aliphatic carboxylic acids is 1. The zero-order valence-corrected chi connectivity index (χ0v) is 9.60. The molecule has 8 nitrogen and oxygen atoms in total. The van der Waals surface area contributed by atoms with E-state index in [-0.39, 0.29) is 13.0 Å². The molecule has 98 valence electrons. The summed E-state index contributed by atoms with van der Waals surface area (Å²) in [5, 5.41) is 13.5. The molecule has 0 aliphatic rings. The van der Waals surface area contributed by atoms with Crippen molar-refractivity contribution in [2.24, 2.45) is 11.5 Å². The Labute approximate surface area is 98.7 Å². The Bertz CT molecular complexity index is 293. The van der Waals surface area contributed by atoms with Crippen LogP contribution in [0.5, 0.6) is 0 Å². The smallest absolute Gasteiger partial charge is 0.326 e. The van der Waals surface area contributed by atoms with E-state index in [1.807, 2.05) is 0 Å². The number of urea groups is 1. The summed E-state index contributed by atoms with van der Waals surface area (Å²) in [4.78, 5) is 32.4. The first kappa shape index (κ1) is 15.2. The Morgan fingerprint density at radius 1 is 1.35 bits per heavy atom. The van der Waals surface area contributed by atoms with Crippen molar-refractivity contribution in [1.29, 1.82) is 0 Å². The lowest BCUT2D eigenvalue weighted by Crippen LogP contribution is -2.47. The number of hydrogen-bond donors (Lipinski definition) is 5. The summed E-state index contributed by atoms with van der Waals surface area (Å²) in [5.74, 6) is -1.67. The van der Waals surface area contributed by atoms with Crippen LogP contribution in [0, 0.1) is 0 Å². The van der Waals surface area contributed by atoms with Gasteiger partial charge in [0.05, 0.1) is 6.04 Å². The number of carbonyl (C=O) groups excluding carboxylic acids is 2. The molecule has 0 aromatic heterocycles. The highest BCUT2D eigenvalue weighted by molar-refractivity contribution is 5.86. The topological polar surface area (TPSA) is 148 Å². The van der Waals surface area contributed by atoms with Gasteiger partial charge in [-0.2, -0.15) is 0 Å². The van der Waals surface area contributed by atoms with E-state index < -0.39 is 30.0 Å². The zero-order valence-electron chi connectivity index (χ0n) is 9.60. The Morgan fingerprint density at radius 2 is 1.94 bits per heavy atom. The van der Waals surface area contributed by atoms with Gasteiger partial charge in [0, 0.05) is 6.54 Å². The summed E-state index contributed by atoms with van der Waals surface area (Å²) in [5.41, 5.74) is 10.1. The molecule has 0 aliphatic heterocycles. The van der Waals surface area contributed by atoms with Crippen LogP contribution in [0.25, 0.3) is 0 Å². The molecule has 2 atom stereocenters. The molecule has 0 aromatic carbocycles. The van der Waals surface area contributed by atoms with Gasteiger partial charge >= 0.3 is 12.0 Å². The van der Waals surface area contributed by atoms with E-state index in [1.54, 1.807) is 0 Å². The quantitative estimate of drug-likeness (QED) is 0.341. The van der Waals surface area contributed by atoms with Crippen molar-refractivity contribution >= 4 is 17.9 Å². The standard InChI is InChI=1S/C9H18N4O4/c1-5(10)7(14)13-6(8(15)16)3-2-4-12-9(11)17/h5-6H,2-4,10H2,1H3,(H,13,14)(H,15,16)(H3,11,12,17)/t5-,6+/m1/s1. The number of rotatable bonds is 7. The summed E-state index contributed by atoms with van der Waals surface area (Å²) >= 11 is 0. The molecule has 8 heteroatoms. The zero-order chi connectivity index (χ0) is 13.4. The maximum absolute atomic E-state index is 11.2. The normalized spacial score (nSPS) is 13.5. The highest BCUT2D eigenvalue weighted by atomic mass is 16.4. The second-order valence-electron chi connectivity index (χ2n) is 3.62. The van der Waals surface area contributed by atoms with E-state index >= 15 is 0 Å². The molecule has 0 saturated heterocycles. The summed E-state index contributed by atoms with van der Waals surface area (Å²) in [7, 11) is 0. The van der Waals surface area contributed by atoms with Crippen molar-refractivity contribution in [3.8, 4) is 0 Å². The first-order valence-electron chi connectivity index (χ1n) is 5.16. The molecule has 0 aliphatic carbocycles. The third-order valence-electron chi connectivity index (χ3n) is 2.00. The van der Waals surface area contributed by atoms with Crippen LogP contribution < -0.4 is 22.1 Å². The minimum Gasteiger partial charge on any atom is -0.480 e. The molecule has 0 fully saturated rings. The highest BCUT2D eigenvalue weighted by Gasteiger charge is 2.20. The van der Waals surface area contributed by atoms with E-state index in [0.29, 0.717) is 6.42 Å². The van der Waals surface area contributed by atoms with Crippen LogP contribution in [0.3, 0.4) is 0 Å². The lowest BCUT2D eigenvalue weighted by Gasteiger charge is -2.15. The summed E-state index contributed by atoms with van der Waals surface area (Å²) < 4.78 is 0. The number of nitrogens with two attached hydrogens (primary N) is 2. The fraction of sp³-hybridized carbons (Fsp3) is 0.667. The molecule has 0 rings (SSSR count). The average Bonchev–Trinajstić information content (AvgIpc) is 2.21. The molecule has 0 heterocycles. The van der Waals surface area contributed by atoms with Crippen molar-refractivity contribution in [3.05, 3.63) is 0 Å². The molecule has 3 amide bonds. The van der Waals surface area contributed by atoms with Gasteiger partial charge in [0.2, 0.25) is 5.91 Å². The molecule has 0 unspecified atom stereocenters. The first-order chi connectivity index (χ1) is 7.84. The molecular weight excluding hydrogens is 228 g/mol. The van der Waals surface area contributed by atoms with Gasteiger partial charge in [-0.05, 0) is 19.8 Å². The third-order valence-corrected chi connectivity index (χ3v) is 2.00. The van der Waals surface area contributed by atoms with Gasteiger partial charge in [-0.25, -0.2) is 9.59 Å². The first-order valence-corrected chi connectivity index (χ1v) is 5.16. The number of carboxylic acids is 1. The van der Waals surface area contributed by atoms with E-state index in [2.05, 4.69) is 10.6 Å². The minimum atomic E-state index is -1.14. The van der Waals surface area contributed by atoms with Crippen LogP contribution in [0.4, 0.5) is 4.79 Å². The van der Waals surface area contributed by atoms with Crippen molar-refractivity contribution < 1.29 is 19.5 Å². The highest BCUT2D eigenvalue weighted by Crippen LogP contribution is 1.97. The van der Waals surface area contributed by atoms with Crippen molar-refractivity contribution in [2.75, 3.05) is 6.54 Å². The largest absolute Gasteiger partial charge is 0.480 e. The molecule has 0 radical (unpaired) electrons. The van der Waals surface area contributed by atoms with Crippen molar-refractivity contribution in [1.82, 2.24) is 10.6 Å². The van der Waals surface area contributed by atoms with Gasteiger partial charge in [-0.3, -0.25) is 4.79 Å². The van der Waals surface area contributed by atoms with Crippen LogP contribution in [-0.4, -0.2) is 41.6 Å². The number of nitrogens with one attached hydrogen (secondary N) is 2. The molecule has 0 spiro atoms. The van der Waals surface area contributed by atoms with E-state index in [0.717, 1.165) is 0 Å². The predicted molar refractivity (Wildman–Crippen MR) is 60.0 cm³/mol. The maximum Gasteiger partial charge on any atom is 0.326 e. The molecule has 0 aromatic rings. The third kappa shape index (κ3) is 7.12. The summed E-state index contributed by atoms with van der Waals surface area (Å²) in [6.07, 6.45) is 0.577. The molecule has 17 heavy (non-hydrogen) atoms. The van der Waals surface area contributed by atoms with Gasteiger partial charge in [0.1, 0.15) is 6.04 Å². The molecule has 0 bridgehead atoms. The Hall–Kier alpha value is -1.83. The predicted octanol–water partition coefficient (Wildman–Crippen LogP) is -1.65. The number of amides is 3. The Morgan fingerprint density at radius 3 is 2.35 bits per heavy atom. The Balaban J connectivity index is 4.04. The number of carboxylic acid groups (broad SMARTS) is 1. The van der Waals surface area contributed by atoms with Gasteiger partial charge in [-0.1, -0.05) is 0 Å². The number of hydrogen-bond acceptors (Lipinski definition) is 4. The van der Waals surface area contributed by atoms with Crippen molar-refractivity contribution in [2.45, 2.75) is 31.8 Å². The molecular formula is C9H18N4O4. The monoisotopic (exact) mass is 246 g/mol. The van der Waals surface area contributed by atoms with Crippen LogP contribution in [0.1, 0.15) is 19.8 Å².